The number of amides is 1. The number of aldehydes is 1. The normalized spacial score (nSPS) is 16.8. The summed E-state index contributed by atoms with van der Waals surface area (Å²) in [6, 6.07) is 11.5. The van der Waals surface area contributed by atoms with E-state index >= 15 is 0 Å². The molecule has 1 fully saturated rings. The van der Waals surface area contributed by atoms with Gasteiger partial charge in [0.05, 0.1) is 18.2 Å². The first-order valence-electron chi connectivity index (χ1n) is 8.63. The predicted molar refractivity (Wildman–Crippen MR) is 104 cm³/mol. The van der Waals surface area contributed by atoms with Crippen molar-refractivity contribution < 1.29 is 24.5 Å². The standard InChI is InChI=1S/C20H21NO5S/c22-10-14-4-1-2-5-16(14)20(25)21-8-9-27-13-15(21)12-26-19-7-3-6-18(24)17(19)11-23/h1-7,11,15,22,24H,8-10,12-13H2/t15-/m0/s1. The summed E-state index contributed by atoms with van der Waals surface area (Å²) >= 11 is 1.74. The Kier molecular flexibility index (Phi) is 6.36. The molecule has 0 spiro atoms. The minimum absolute atomic E-state index is 0.101. The Morgan fingerprint density at radius 1 is 1.26 bits per heavy atom. The number of nitrogens with zero attached hydrogens (tertiary/aromatic N) is 1. The highest BCUT2D eigenvalue weighted by Crippen LogP contribution is 2.27. The maximum absolute atomic E-state index is 13.0. The highest BCUT2D eigenvalue weighted by Gasteiger charge is 2.29. The minimum Gasteiger partial charge on any atom is -0.507 e. The molecule has 0 saturated carbocycles. The lowest BCUT2D eigenvalue weighted by Crippen LogP contribution is -2.49. The molecule has 0 aliphatic carbocycles. The maximum Gasteiger partial charge on any atom is 0.254 e. The molecule has 0 unspecified atom stereocenters. The number of aliphatic hydroxyl groups is 1. The van der Waals surface area contributed by atoms with Crippen molar-refractivity contribution in [1.29, 1.82) is 0 Å². The molecular weight excluding hydrogens is 366 g/mol. The van der Waals surface area contributed by atoms with Gasteiger partial charge in [-0.05, 0) is 23.8 Å². The van der Waals surface area contributed by atoms with Crippen LogP contribution >= 0.6 is 11.8 Å². The Morgan fingerprint density at radius 2 is 2.07 bits per heavy atom. The first-order valence-corrected chi connectivity index (χ1v) is 9.78. The summed E-state index contributed by atoms with van der Waals surface area (Å²) in [6.45, 7) is 0.597. The minimum atomic E-state index is -0.197. The van der Waals surface area contributed by atoms with Crippen LogP contribution in [0.1, 0.15) is 26.3 Å². The van der Waals surface area contributed by atoms with Crippen molar-refractivity contribution in [1.82, 2.24) is 4.90 Å². The third-order valence-electron chi connectivity index (χ3n) is 4.50. The van der Waals surface area contributed by atoms with Gasteiger partial charge in [0.25, 0.3) is 5.91 Å². The first-order chi connectivity index (χ1) is 13.2. The van der Waals surface area contributed by atoms with Crippen LogP contribution in [0.25, 0.3) is 0 Å². The number of aliphatic hydroxyl groups excluding tert-OH is 1. The van der Waals surface area contributed by atoms with E-state index in [9.17, 15) is 19.8 Å². The molecule has 2 N–H and O–H groups in total. The zero-order chi connectivity index (χ0) is 19.2. The van der Waals surface area contributed by atoms with E-state index in [1.54, 1.807) is 53.1 Å². The number of carbonyl (C=O) groups excluding carboxylic acids is 2. The fraction of sp³-hybridized carbons (Fsp3) is 0.300. The van der Waals surface area contributed by atoms with E-state index < -0.39 is 0 Å². The smallest absolute Gasteiger partial charge is 0.254 e. The van der Waals surface area contributed by atoms with E-state index in [4.69, 9.17) is 4.74 Å². The van der Waals surface area contributed by atoms with Gasteiger partial charge in [-0.15, -0.1) is 0 Å². The number of phenols is 1. The molecule has 1 saturated heterocycles. The number of hydrogen-bond donors (Lipinski definition) is 2. The topological polar surface area (TPSA) is 87.1 Å². The highest BCUT2D eigenvalue weighted by atomic mass is 32.2. The Morgan fingerprint density at radius 3 is 2.85 bits per heavy atom. The summed E-state index contributed by atoms with van der Waals surface area (Å²) in [5, 5.41) is 19.3. The molecule has 27 heavy (non-hydrogen) atoms. The second-order valence-electron chi connectivity index (χ2n) is 6.16. The van der Waals surface area contributed by atoms with Crippen molar-refractivity contribution in [2.24, 2.45) is 0 Å². The van der Waals surface area contributed by atoms with Crippen LogP contribution < -0.4 is 4.74 Å². The lowest BCUT2D eigenvalue weighted by molar-refractivity contribution is 0.0643. The van der Waals surface area contributed by atoms with Gasteiger partial charge in [0.1, 0.15) is 18.1 Å². The van der Waals surface area contributed by atoms with E-state index in [0.29, 0.717) is 35.5 Å². The van der Waals surface area contributed by atoms with Gasteiger partial charge in [-0.25, -0.2) is 0 Å². The SMILES string of the molecule is O=Cc1c(O)cccc1OC[C@H]1CSCCN1C(=O)c1ccccc1CO. The molecule has 1 aliphatic rings. The highest BCUT2D eigenvalue weighted by molar-refractivity contribution is 7.99. The van der Waals surface area contributed by atoms with Gasteiger partial charge >= 0.3 is 0 Å². The summed E-state index contributed by atoms with van der Waals surface area (Å²) in [5.41, 5.74) is 1.18. The van der Waals surface area contributed by atoms with Crippen LogP contribution in [0.3, 0.4) is 0 Å². The predicted octanol–water partition coefficient (Wildman–Crippen LogP) is 2.33. The molecule has 3 rings (SSSR count). The number of carbonyl (C=O) groups is 2. The van der Waals surface area contributed by atoms with Gasteiger partial charge in [-0.1, -0.05) is 24.3 Å². The number of phenolic OH excluding ortho intramolecular Hbond substituents is 1. The average Bonchev–Trinajstić information content (AvgIpc) is 2.72. The van der Waals surface area contributed by atoms with Crippen molar-refractivity contribution in [3.05, 3.63) is 59.2 Å². The van der Waals surface area contributed by atoms with Crippen molar-refractivity contribution in [3.8, 4) is 11.5 Å². The monoisotopic (exact) mass is 387 g/mol. The fourth-order valence-electron chi connectivity index (χ4n) is 3.04. The zero-order valence-electron chi connectivity index (χ0n) is 14.7. The van der Waals surface area contributed by atoms with Crippen molar-refractivity contribution in [2.45, 2.75) is 12.6 Å². The van der Waals surface area contributed by atoms with Crippen LogP contribution in [0.15, 0.2) is 42.5 Å². The molecule has 7 heteroatoms. The van der Waals surface area contributed by atoms with Gasteiger partial charge in [0, 0.05) is 23.6 Å². The van der Waals surface area contributed by atoms with E-state index in [1.807, 2.05) is 0 Å². The maximum atomic E-state index is 13.0. The Hall–Kier alpha value is -2.51. The van der Waals surface area contributed by atoms with Gasteiger partial charge in [-0.2, -0.15) is 11.8 Å². The van der Waals surface area contributed by atoms with Crippen LogP contribution in [0, 0.1) is 0 Å². The summed E-state index contributed by atoms with van der Waals surface area (Å²) in [7, 11) is 0. The molecule has 2 aromatic carbocycles. The van der Waals surface area contributed by atoms with E-state index in [0.717, 1.165) is 5.75 Å². The summed E-state index contributed by atoms with van der Waals surface area (Å²) in [5.74, 6) is 1.56. The Balaban J connectivity index is 1.77. The third-order valence-corrected chi connectivity index (χ3v) is 5.59. The van der Waals surface area contributed by atoms with Gasteiger partial charge in [0.2, 0.25) is 0 Å². The lowest BCUT2D eigenvalue weighted by Gasteiger charge is -2.35. The number of aromatic hydroxyl groups is 1. The number of thioether (sulfide) groups is 1. The molecule has 1 amide bonds. The number of benzene rings is 2. The van der Waals surface area contributed by atoms with Crippen LogP contribution in [0.4, 0.5) is 0 Å². The summed E-state index contributed by atoms with van der Waals surface area (Å²) < 4.78 is 5.77. The number of rotatable bonds is 6. The van der Waals surface area contributed by atoms with Gasteiger partial charge in [0.15, 0.2) is 6.29 Å². The second kappa shape index (κ2) is 8.92. The summed E-state index contributed by atoms with van der Waals surface area (Å²) in [4.78, 5) is 26.0. The average molecular weight is 387 g/mol. The Labute approximate surface area is 161 Å². The van der Waals surface area contributed by atoms with Crippen LogP contribution in [0.2, 0.25) is 0 Å². The second-order valence-corrected chi connectivity index (χ2v) is 7.31. The molecule has 6 nitrogen and oxygen atoms in total. The fourth-order valence-corrected chi connectivity index (χ4v) is 4.09. The van der Waals surface area contributed by atoms with Crippen LogP contribution in [0.5, 0.6) is 11.5 Å². The molecule has 2 aromatic rings. The van der Waals surface area contributed by atoms with Crippen LogP contribution in [-0.2, 0) is 6.61 Å². The largest absolute Gasteiger partial charge is 0.507 e. The van der Waals surface area contributed by atoms with E-state index in [-0.39, 0.29) is 36.5 Å². The molecule has 0 bridgehead atoms. The Bertz CT molecular complexity index is 826. The molecule has 0 radical (unpaired) electrons. The van der Waals surface area contributed by atoms with Gasteiger partial charge in [-0.3, -0.25) is 9.59 Å². The lowest BCUT2D eigenvalue weighted by atomic mass is 10.1. The quantitative estimate of drug-likeness (QED) is 0.740. The molecule has 1 atom stereocenters. The van der Waals surface area contributed by atoms with E-state index in [2.05, 4.69) is 0 Å². The number of ether oxygens (including phenoxy) is 1. The first kappa shape index (κ1) is 19.3. The molecule has 1 heterocycles. The zero-order valence-corrected chi connectivity index (χ0v) is 15.5. The number of hydrogen-bond acceptors (Lipinski definition) is 6. The summed E-state index contributed by atoms with van der Waals surface area (Å²) in [6.07, 6.45) is 0.556. The molecule has 0 aromatic heterocycles. The van der Waals surface area contributed by atoms with Crippen molar-refractivity contribution >= 4 is 24.0 Å². The van der Waals surface area contributed by atoms with E-state index in [1.165, 1.54) is 6.07 Å². The van der Waals surface area contributed by atoms with Crippen LogP contribution in [-0.4, -0.2) is 58.0 Å². The third kappa shape index (κ3) is 4.26. The molecule has 1 aliphatic heterocycles. The van der Waals surface area contributed by atoms with Crippen molar-refractivity contribution in [3.63, 3.8) is 0 Å². The molecular formula is C20H21NO5S. The van der Waals surface area contributed by atoms with Gasteiger partial charge < -0.3 is 19.8 Å². The van der Waals surface area contributed by atoms with Crippen molar-refractivity contribution in [2.75, 3.05) is 24.7 Å². The molecule has 142 valence electrons.